The van der Waals surface area contributed by atoms with Crippen LogP contribution in [0.4, 0.5) is 0 Å². The van der Waals surface area contributed by atoms with Gasteiger partial charge in [-0.15, -0.1) is 0 Å². The number of nitrogens with zero attached hydrogens (tertiary/aromatic N) is 2. The van der Waals surface area contributed by atoms with Crippen LogP contribution < -0.4 is 5.32 Å². The fraction of sp³-hybridized carbons (Fsp3) is 0.400. The summed E-state index contributed by atoms with van der Waals surface area (Å²) in [6.45, 7) is 3.87. The lowest BCUT2D eigenvalue weighted by molar-refractivity contribution is 0.103. The molecule has 0 aliphatic heterocycles. The fourth-order valence-electron chi connectivity index (χ4n) is 2.23. The molecule has 0 fully saturated rings. The van der Waals surface area contributed by atoms with E-state index < -0.39 is 6.10 Å². The maximum Gasteiger partial charge on any atom is 0.111 e. The van der Waals surface area contributed by atoms with Gasteiger partial charge in [0.1, 0.15) is 6.17 Å². The molecule has 0 saturated heterocycles. The summed E-state index contributed by atoms with van der Waals surface area (Å²) in [7, 11) is 0. The first-order valence-electron chi connectivity index (χ1n) is 6.72. The summed E-state index contributed by atoms with van der Waals surface area (Å²) in [6.07, 6.45) is 5.45. The van der Waals surface area contributed by atoms with E-state index in [1.54, 1.807) is 19.4 Å². The van der Waals surface area contributed by atoms with Crippen molar-refractivity contribution in [3.05, 3.63) is 53.6 Å². The first-order chi connectivity index (χ1) is 9.56. The number of halogens is 1. The van der Waals surface area contributed by atoms with E-state index in [-0.39, 0.29) is 12.2 Å². The van der Waals surface area contributed by atoms with Crippen molar-refractivity contribution in [3.63, 3.8) is 0 Å². The van der Waals surface area contributed by atoms with E-state index in [4.69, 9.17) is 11.6 Å². The lowest BCUT2D eigenvalue weighted by Crippen LogP contribution is -2.40. The van der Waals surface area contributed by atoms with Gasteiger partial charge in [0.2, 0.25) is 0 Å². The topological polar surface area (TPSA) is 50.1 Å². The first-order valence-corrected chi connectivity index (χ1v) is 7.10. The quantitative estimate of drug-likeness (QED) is 0.861. The predicted octanol–water partition coefficient (Wildman–Crippen LogP) is 2.64. The number of aliphatic hydroxyl groups excluding tert-OH is 1. The molecule has 0 saturated carbocycles. The minimum Gasteiger partial charge on any atom is -0.390 e. The largest absolute Gasteiger partial charge is 0.390 e. The summed E-state index contributed by atoms with van der Waals surface area (Å²) >= 11 is 5.88. The summed E-state index contributed by atoms with van der Waals surface area (Å²) in [5, 5.41) is 14.1. The van der Waals surface area contributed by atoms with E-state index in [0.29, 0.717) is 0 Å². The molecule has 5 heteroatoms. The zero-order chi connectivity index (χ0) is 14.5. The lowest BCUT2D eigenvalue weighted by atomic mass is 10.1. The molecule has 4 nitrogen and oxygen atoms in total. The number of imidazole rings is 1. The van der Waals surface area contributed by atoms with Crippen LogP contribution in [0.3, 0.4) is 0 Å². The van der Waals surface area contributed by atoms with Gasteiger partial charge in [-0.25, -0.2) is 4.98 Å². The second-order valence-corrected chi connectivity index (χ2v) is 5.53. The Morgan fingerprint density at radius 1 is 1.30 bits per heavy atom. The number of hydrogen-bond donors (Lipinski definition) is 2. The third-order valence-electron chi connectivity index (χ3n) is 3.21. The van der Waals surface area contributed by atoms with Crippen LogP contribution in [0, 0.1) is 0 Å². The first kappa shape index (κ1) is 15.0. The van der Waals surface area contributed by atoms with Gasteiger partial charge in [-0.2, -0.15) is 0 Å². The molecule has 0 amide bonds. The third-order valence-corrected chi connectivity index (χ3v) is 3.47. The number of rotatable bonds is 6. The molecule has 108 valence electrons. The summed E-state index contributed by atoms with van der Waals surface area (Å²) < 4.78 is 1.88. The highest BCUT2D eigenvalue weighted by Crippen LogP contribution is 2.13. The van der Waals surface area contributed by atoms with Crippen LogP contribution in [-0.2, 0) is 6.42 Å². The van der Waals surface area contributed by atoms with Gasteiger partial charge in [0.25, 0.3) is 0 Å². The molecule has 0 spiro atoms. The minimum atomic E-state index is -0.503. The Morgan fingerprint density at radius 3 is 2.55 bits per heavy atom. The van der Waals surface area contributed by atoms with Crippen molar-refractivity contribution >= 4 is 11.6 Å². The molecule has 0 aliphatic carbocycles. The van der Waals surface area contributed by atoms with Gasteiger partial charge in [0.05, 0.1) is 12.4 Å². The summed E-state index contributed by atoms with van der Waals surface area (Å²) in [5.41, 5.74) is 1.21. The van der Waals surface area contributed by atoms with Gasteiger partial charge in [0.15, 0.2) is 0 Å². The SMILES string of the molecule is CC(Cc1ccc(Cl)cc1)NC(C(C)O)n1ccnc1. The average molecular weight is 294 g/mol. The molecule has 0 aliphatic rings. The second kappa shape index (κ2) is 6.88. The van der Waals surface area contributed by atoms with Crippen LogP contribution in [0.1, 0.15) is 25.6 Å². The molecule has 2 aromatic rings. The molecule has 0 radical (unpaired) electrons. The summed E-state index contributed by atoms with van der Waals surface area (Å²) in [6, 6.07) is 8.06. The number of aromatic nitrogens is 2. The zero-order valence-electron chi connectivity index (χ0n) is 11.7. The van der Waals surface area contributed by atoms with Crippen LogP contribution >= 0.6 is 11.6 Å². The van der Waals surface area contributed by atoms with E-state index in [1.807, 2.05) is 35.0 Å². The van der Waals surface area contributed by atoms with Crippen LogP contribution in [0.5, 0.6) is 0 Å². The van der Waals surface area contributed by atoms with Gasteiger partial charge in [-0.1, -0.05) is 23.7 Å². The van der Waals surface area contributed by atoms with Gasteiger partial charge in [-0.3, -0.25) is 5.32 Å². The molecule has 1 aromatic heterocycles. The molecule has 2 N–H and O–H groups in total. The smallest absolute Gasteiger partial charge is 0.111 e. The summed E-state index contributed by atoms with van der Waals surface area (Å²) in [4.78, 5) is 4.02. The Kier molecular flexibility index (Phi) is 5.17. The van der Waals surface area contributed by atoms with Crippen LogP contribution in [0.25, 0.3) is 0 Å². The molecular weight excluding hydrogens is 274 g/mol. The van der Waals surface area contributed by atoms with Crippen molar-refractivity contribution in [2.45, 2.75) is 38.6 Å². The predicted molar refractivity (Wildman–Crippen MR) is 80.7 cm³/mol. The standard InChI is InChI=1S/C15H20ClN3O/c1-11(9-13-3-5-14(16)6-4-13)18-15(12(2)20)19-8-7-17-10-19/h3-8,10-12,15,18,20H,9H2,1-2H3. The number of aliphatic hydroxyl groups is 1. The van der Waals surface area contributed by atoms with Crippen molar-refractivity contribution in [2.24, 2.45) is 0 Å². The van der Waals surface area contributed by atoms with Gasteiger partial charge < -0.3 is 9.67 Å². The Labute approximate surface area is 124 Å². The van der Waals surface area contributed by atoms with Crippen LogP contribution in [0.15, 0.2) is 43.0 Å². The van der Waals surface area contributed by atoms with E-state index in [2.05, 4.69) is 17.2 Å². The Bertz CT molecular complexity index is 510. The Morgan fingerprint density at radius 2 is 2.00 bits per heavy atom. The normalized spacial score (nSPS) is 15.8. The van der Waals surface area contributed by atoms with Crippen molar-refractivity contribution in [2.75, 3.05) is 0 Å². The third kappa shape index (κ3) is 4.07. The van der Waals surface area contributed by atoms with E-state index in [1.165, 1.54) is 5.56 Å². The highest BCUT2D eigenvalue weighted by molar-refractivity contribution is 6.30. The Balaban J connectivity index is 1.98. The average Bonchev–Trinajstić information content (AvgIpc) is 2.92. The molecule has 1 heterocycles. The summed E-state index contributed by atoms with van der Waals surface area (Å²) in [5.74, 6) is 0. The van der Waals surface area contributed by atoms with Crippen molar-refractivity contribution in [1.29, 1.82) is 0 Å². The van der Waals surface area contributed by atoms with E-state index in [0.717, 1.165) is 11.4 Å². The van der Waals surface area contributed by atoms with Crippen LogP contribution in [0.2, 0.25) is 5.02 Å². The highest BCUT2D eigenvalue weighted by atomic mass is 35.5. The van der Waals surface area contributed by atoms with Gasteiger partial charge in [-0.05, 0) is 38.0 Å². The van der Waals surface area contributed by atoms with Crippen LogP contribution in [-0.4, -0.2) is 26.8 Å². The molecule has 1 aromatic carbocycles. The maximum absolute atomic E-state index is 9.91. The van der Waals surface area contributed by atoms with Crippen molar-refractivity contribution in [3.8, 4) is 0 Å². The van der Waals surface area contributed by atoms with Gasteiger partial charge >= 0.3 is 0 Å². The maximum atomic E-state index is 9.91. The molecule has 3 unspecified atom stereocenters. The lowest BCUT2D eigenvalue weighted by Gasteiger charge is -2.26. The Hall–Kier alpha value is -1.36. The van der Waals surface area contributed by atoms with Crippen molar-refractivity contribution in [1.82, 2.24) is 14.9 Å². The number of nitrogens with one attached hydrogen (secondary N) is 1. The number of benzene rings is 1. The molecular formula is C15H20ClN3O. The second-order valence-electron chi connectivity index (χ2n) is 5.09. The monoisotopic (exact) mass is 293 g/mol. The molecule has 0 bridgehead atoms. The highest BCUT2D eigenvalue weighted by Gasteiger charge is 2.18. The van der Waals surface area contributed by atoms with Crippen molar-refractivity contribution < 1.29 is 5.11 Å². The van der Waals surface area contributed by atoms with E-state index >= 15 is 0 Å². The minimum absolute atomic E-state index is 0.181. The van der Waals surface area contributed by atoms with E-state index in [9.17, 15) is 5.11 Å². The molecule has 3 atom stereocenters. The van der Waals surface area contributed by atoms with Gasteiger partial charge in [0, 0.05) is 23.5 Å². The molecule has 2 rings (SSSR count). The zero-order valence-corrected chi connectivity index (χ0v) is 12.5. The number of hydrogen-bond acceptors (Lipinski definition) is 3. The molecule has 20 heavy (non-hydrogen) atoms. The fourth-order valence-corrected chi connectivity index (χ4v) is 2.36.